The van der Waals surface area contributed by atoms with Crippen molar-refractivity contribution in [1.29, 1.82) is 0 Å². The Morgan fingerprint density at radius 3 is 2.72 bits per heavy atom. The number of hydrogen-bond acceptors (Lipinski definition) is 2. The van der Waals surface area contributed by atoms with Crippen LogP contribution in [-0.2, 0) is 4.79 Å². The Labute approximate surface area is 143 Å². The van der Waals surface area contributed by atoms with Crippen LogP contribution < -0.4 is 15.5 Å². The summed E-state index contributed by atoms with van der Waals surface area (Å²) >= 11 is 0. The van der Waals surface area contributed by atoms with E-state index in [9.17, 15) is 18.4 Å². The van der Waals surface area contributed by atoms with Gasteiger partial charge in [-0.2, -0.15) is 0 Å². The summed E-state index contributed by atoms with van der Waals surface area (Å²) in [7, 11) is 0. The number of carbonyl (C=O) groups excluding carboxylic acids is 2. The van der Waals surface area contributed by atoms with Crippen molar-refractivity contribution >= 4 is 23.3 Å². The monoisotopic (exact) mass is 345 g/mol. The number of hydrogen-bond donors (Lipinski definition) is 2. The quantitative estimate of drug-likeness (QED) is 0.897. The molecule has 3 amide bonds. The van der Waals surface area contributed by atoms with Crippen molar-refractivity contribution in [2.24, 2.45) is 0 Å². The summed E-state index contributed by atoms with van der Waals surface area (Å²) in [5.41, 5.74) is 1.35. The molecule has 1 atom stereocenters. The second-order valence-corrected chi connectivity index (χ2v) is 5.87. The average molecular weight is 345 g/mol. The molecule has 0 saturated carbocycles. The summed E-state index contributed by atoms with van der Waals surface area (Å²) in [6.45, 7) is 2.05. The van der Waals surface area contributed by atoms with Crippen molar-refractivity contribution in [1.82, 2.24) is 5.32 Å². The molecular weight excluding hydrogens is 328 g/mol. The van der Waals surface area contributed by atoms with Crippen molar-refractivity contribution in [3.05, 3.63) is 59.7 Å². The second-order valence-electron chi connectivity index (χ2n) is 5.87. The molecule has 2 N–H and O–H groups in total. The third kappa shape index (κ3) is 3.76. The summed E-state index contributed by atoms with van der Waals surface area (Å²) in [6, 6.07) is 8.67. The molecule has 0 bridgehead atoms. The summed E-state index contributed by atoms with van der Waals surface area (Å²) in [5, 5.41) is 5.08. The predicted molar refractivity (Wildman–Crippen MR) is 90.4 cm³/mol. The van der Waals surface area contributed by atoms with E-state index in [1.165, 1.54) is 35.2 Å². The van der Waals surface area contributed by atoms with Crippen molar-refractivity contribution in [3.63, 3.8) is 0 Å². The van der Waals surface area contributed by atoms with E-state index in [0.717, 1.165) is 0 Å². The molecular formula is C18H17F2N3O2. The minimum Gasteiger partial charge on any atom is -0.326 e. The Morgan fingerprint density at radius 1 is 1.20 bits per heavy atom. The van der Waals surface area contributed by atoms with Gasteiger partial charge in [0.2, 0.25) is 5.91 Å². The van der Waals surface area contributed by atoms with Crippen molar-refractivity contribution in [3.8, 4) is 0 Å². The van der Waals surface area contributed by atoms with Crippen LogP contribution in [0.2, 0.25) is 0 Å². The van der Waals surface area contributed by atoms with Gasteiger partial charge in [-0.05, 0) is 55.3 Å². The van der Waals surface area contributed by atoms with Crippen LogP contribution in [0.5, 0.6) is 0 Å². The maximum atomic E-state index is 13.4. The molecule has 5 nitrogen and oxygen atoms in total. The Balaban J connectivity index is 1.63. The van der Waals surface area contributed by atoms with Crippen molar-refractivity contribution in [2.45, 2.75) is 19.4 Å². The Kier molecular flexibility index (Phi) is 4.65. The highest BCUT2D eigenvalue weighted by molar-refractivity contribution is 6.02. The largest absolute Gasteiger partial charge is 0.326 e. The number of urea groups is 1. The Hall–Kier alpha value is -2.96. The lowest BCUT2D eigenvalue weighted by molar-refractivity contribution is -0.118. The molecule has 1 aliphatic heterocycles. The fourth-order valence-corrected chi connectivity index (χ4v) is 2.76. The number of rotatable bonds is 3. The van der Waals surface area contributed by atoms with Gasteiger partial charge < -0.3 is 15.5 Å². The van der Waals surface area contributed by atoms with Crippen LogP contribution in [-0.4, -0.2) is 24.5 Å². The molecule has 2 aromatic rings. The van der Waals surface area contributed by atoms with E-state index < -0.39 is 17.9 Å². The van der Waals surface area contributed by atoms with Crippen LogP contribution in [0.1, 0.15) is 12.0 Å². The minimum absolute atomic E-state index is 0.264. The van der Waals surface area contributed by atoms with E-state index in [2.05, 4.69) is 10.6 Å². The van der Waals surface area contributed by atoms with Gasteiger partial charge in [-0.1, -0.05) is 6.07 Å². The van der Waals surface area contributed by atoms with E-state index in [-0.39, 0.29) is 11.7 Å². The van der Waals surface area contributed by atoms with Crippen molar-refractivity contribution < 1.29 is 18.4 Å². The van der Waals surface area contributed by atoms with Gasteiger partial charge in [0.15, 0.2) is 0 Å². The first-order chi connectivity index (χ1) is 11.9. The number of halogens is 2. The maximum Gasteiger partial charge on any atom is 0.319 e. The van der Waals surface area contributed by atoms with Crippen LogP contribution in [0.4, 0.5) is 25.0 Å². The number of anilines is 2. The third-order valence-corrected chi connectivity index (χ3v) is 4.05. The lowest BCUT2D eigenvalue weighted by atomic mass is 10.2. The zero-order valence-electron chi connectivity index (χ0n) is 13.6. The van der Waals surface area contributed by atoms with Gasteiger partial charge in [0.05, 0.1) is 0 Å². The van der Waals surface area contributed by atoms with Gasteiger partial charge in [-0.3, -0.25) is 4.79 Å². The van der Waals surface area contributed by atoms with Crippen LogP contribution in [0.15, 0.2) is 42.5 Å². The zero-order valence-corrected chi connectivity index (χ0v) is 13.6. The third-order valence-electron chi connectivity index (χ3n) is 4.05. The van der Waals surface area contributed by atoms with E-state index in [1.54, 1.807) is 19.1 Å². The highest BCUT2D eigenvalue weighted by atomic mass is 19.1. The standard InChI is InChI=1S/C18H17F2N3O2/c1-11-9-14(5-6-15(11)20)23-8-7-16(17(23)24)22-18(25)21-13-4-2-3-12(19)10-13/h2-6,9-10,16H,7-8H2,1H3,(H2,21,22,25)/t16-/m0/s1. The van der Waals surface area contributed by atoms with E-state index in [0.29, 0.717) is 29.9 Å². The summed E-state index contributed by atoms with van der Waals surface area (Å²) < 4.78 is 26.5. The molecule has 0 aromatic heterocycles. The highest BCUT2D eigenvalue weighted by Gasteiger charge is 2.33. The van der Waals surface area contributed by atoms with E-state index in [4.69, 9.17) is 0 Å². The molecule has 0 radical (unpaired) electrons. The number of amides is 3. The molecule has 7 heteroatoms. The molecule has 0 spiro atoms. The smallest absolute Gasteiger partial charge is 0.319 e. The zero-order chi connectivity index (χ0) is 18.0. The molecule has 1 saturated heterocycles. The first-order valence-electron chi connectivity index (χ1n) is 7.84. The predicted octanol–water partition coefficient (Wildman–Crippen LogP) is 3.20. The van der Waals surface area contributed by atoms with Gasteiger partial charge in [0.1, 0.15) is 17.7 Å². The molecule has 0 unspecified atom stereocenters. The average Bonchev–Trinajstić information content (AvgIpc) is 2.91. The fourth-order valence-electron chi connectivity index (χ4n) is 2.76. The molecule has 1 heterocycles. The first kappa shape index (κ1) is 16.9. The number of aryl methyl sites for hydroxylation is 1. The number of carbonyl (C=O) groups is 2. The molecule has 3 rings (SSSR count). The van der Waals surface area contributed by atoms with Gasteiger partial charge in [0.25, 0.3) is 0 Å². The van der Waals surface area contributed by atoms with Crippen LogP contribution >= 0.6 is 0 Å². The molecule has 1 fully saturated rings. The topological polar surface area (TPSA) is 61.4 Å². The van der Waals surface area contributed by atoms with Crippen molar-refractivity contribution in [2.75, 3.05) is 16.8 Å². The lowest BCUT2D eigenvalue weighted by Gasteiger charge is -2.18. The van der Waals surface area contributed by atoms with E-state index in [1.807, 2.05) is 0 Å². The van der Waals surface area contributed by atoms with Gasteiger partial charge >= 0.3 is 6.03 Å². The number of benzene rings is 2. The van der Waals surface area contributed by atoms with Crippen LogP contribution in [0.25, 0.3) is 0 Å². The summed E-state index contributed by atoms with van der Waals surface area (Å²) in [4.78, 5) is 26.0. The molecule has 2 aromatic carbocycles. The van der Waals surface area contributed by atoms with Gasteiger partial charge in [-0.25, -0.2) is 13.6 Å². The highest BCUT2D eigenvalue weighted by Crippen LogP contribution is 2.24. The molecule has 25 heavy (non-hydrogen) atoms. The van der Waals surface area contributed by atoms with Gasteiger partial charge in [0, 0.05) is 17.9 Å². The first-order valence-corrected chi connectivity index (χ1v) is 7.84. The molecule has 0 aliphatic carbocycles. The number of nitrogens with zero attached hydrogens (tertiary/aromatic N) is 1. The Morgan fingerprint density at radius 2 is 2.00 bits per heavy atom. The number of nitrogens with one attached hydrogen (secondary N) is 2. The fraction of sp³-hybridized carbons (Fsp3) is 0.222. The Bertz CT molecular complexity index is 826. The van der Waals surface area contributed by atoms with Crippen LogP contribution in [0.3, 0.4) is 0 Å². The normalized spacial score (nSPS) is 16.8. The van der Waals surface area contributed by atoms with Crippen LogP contribution in [0, 0.1) is 18.6 Å². The van der Waals surface area contributed by atoms with Gasteiger partial charge in [-0.15, -0.1) is 0 Å². The minimum atomic E-state index is -0.682. The maximum absolute atomic E-state index is 13.4. The van der Waals surface area contributed by atoms with E-state index >= 15 is 0 Å². The molecule has 130 valence electrons. The molecule has 1 aliphatic rings. The lowest BCUT2D eigenvalue weighted by Crippen LogP contribution is -2.43. The summed E-state index contributed by atoms with van der Waals surface area (Å²) in [5.74, 6) is -1.06. The second kappa shape index (κ2) is 6.88. The summed E-state index contributed by atoms with van der Waals surface area (Å²) in [6.07, 6.45) is 0.436. The SMILES string of the molecule is Cc1cc(N2CC[C@H](NC(=O)Nc3cccc(F)c3)C2=O)ccc1F.